The number of aromatic nitrogens is 1. The summed E-state index contributed by atoms with van der Waals surface area (Å²) in [5, 5.41) is 0.294. The van der Waals surface area contributed by atoms with Gasteiger partial charge in [0.15, 0.2) is 5.69 Å². The van der Waals surface area contributed by atoms with Gasteiger partial charge in [0.2, 0.25) is 0 Å². The van der Waals surface area contributed by atoms with Crippen LogP contribution in [0.1, 0.15) is 28.5 Å². The third kappa shape index (κ3) is 1.96. The van der Waals surface area contributed by atoms with Gasteiger partial charge in [-0.15, -0.1) is 0 Å². The predicted molar refractivity (Wildman–Crippen MR) is 53.7 cm³/mol. The second kappa shape index (κ2) is 4.16. The third-order valence-electron chi connectivity index (χ3n) is 2.16. The summed E-state index contributed by atoms with van der Waals surface area (Å²) in [6, 6.07) is 1.71. The summed E-state index contributed by atoms with van der Waals surface area (Å²) in [6.45, 7) is 2.94. The Morgan fingerprint density at radius 1 is 1.67 bits per heavy atom. The van der Waals surface area contributed by atoms with Crippen LogP contribution < -0.4 is 0 Å². The molecular weight excluding hydrogens is 218 g/mol. The van der Waals surface area contributed by atoms with Crippen molar-refractivity contribution in [3.05, 3.63) is 28.0 Å². The van der Waals surface area contributed by atoms with Crippen molar-refractivity contribution in [3.63, 3.8) is 0 Å². The topological polar surface area (TPSA) is 48.4 Å². The Labute approximate surface area is 92.2 Å². The van der Waals surface area contributed by atoms with Gasteiger partial charge in [0.1, 0.15) is 5.15 Å². The molecule has 0 saturated carbocycles. The van der Waals surface area contributed by atoms with Crippen LogP contribution in [0.3, 0.4) is 0 Å². The van der Waals surface area contributed by atoms with E-state index in [9.17, 15) is 4.79 Å². The first-order valence-corrected chi connectivity index (χ1v) is 5.03. The fourth-order valence-electron chi connectivity index (χ4n) is 1.51. The highest BCUT2D eigenvalue weighted by Gasteiger charge is 2.23. The monoisotopic (exact) mass is 227 g/mol. The quantitative estimate of drug-likeness (QED) is 0.572. The average Bonchev–Trinajstić information content (AvgIpc) is 2.64. The van der Waals surface area contributed by atoms with Gasteiger partial charge in [-0.05, 0) is 18.6 Å². The second-order valence-electron chi connectivity index (χ2n) is 3.14. The van der Waals surface area contributed by atoms with Crippen molar-refractivity contribution in [2.75, 3.05) is 6.61 Å². The molecule has 0 aromatic carbocycles. The van der Waals surface area contributed by atoms with Crippen molar-refractivity contribution in [1.29, 1.82) is 0 Å². The summed E-state index contributed by atoms with van der Waals surface area (Å²) in [5.41, 5.74) is 1.98. The average molecular weight is 228 g/mol. The largest absolute Gasteiger partial charge is 0.461 e. The molecule has 80 valence electrons. The highest BCUT2D eigenvalue weighted by atomic mass is 35.5. The molecule has 0 aliphatic carbocycles. The van der Waals surface area contributed by atoms with Crippen LogP contribution in [-0.4, -0.2) is 17.6 Å². The van der Waals surface area contributed by atoms with E-state index in [1.165, 1.54) is 0 Å². The van der Waals surface area contributed by atoms with Crippen LogP contribution in [0.15, 0.2) is 6.07 Å². The minimum Gasteiger partial charge on any atom is -0.461 e. The molecule has 1 aliphatic heterocycles. The van der Waals surface area contributed by atoms with Crippen molar-refractivity contribution < 1.29 is 14.3 Å². The Bertz CT molecular complexity index is 406. The van der Waals surface area contributed by atoms with E-state index < -0.39 is 5.97 Å². The van der Waals surface area contributed by atoms with Crippen LogP contribution >= 0.6 is 11.6 Å². The zero-order chi connectivity index (χ0) is 10.8. The van der Waals surface area contributed by atoms with Crippen LogP contribution in [-0.2, 0) is 22.7 Å². The van der Waals surface area contributed by atoms with E-state index in [0.717, 1.165) is 11.1 Å². The molecule has 0 saturated heterocycles. The van der Waals surface area contributed by atoms with Gasteiger partial charge < -0.3 is 9.47 Å². The van der Waals surface area contributed by atoms with Crippen molar-refractivity contribution in [3.8, 4) is 0 Å². The summed E-state index contributed by atoms with van der Waals surface area (Å²) >= 11 is 5.80. The van der Waals surface area contributed by atoms with Crippen LogP contribution in [0.5, 0.6) is 0 Å². The van der Waals surface area contributed by atoms with E-state index in [1.54, 1.807) is 13.0 Å². The first-order valence-electron chi connectivity index (χ1n) is 4.65. The maximum atomic E-state index is 11.6. The molecule has 0 unspecified atom stereocenters. The summed E-state index contributed by atoms with van der Waals surface area (Å²) in [5.74, 6) is -0.443. The van der Waals surface area contributed by atoms with Gasteiger partial charge in [0.25, 0.3) is 0 Å². The number of rotatable bonds is 2. The van der Waals surface area contributed by atoms with Crippen LogP contribution in [0, 0.1) is 0 Å². The number of hydrogen-bond donors (Lipinski definition) is 0. The van der Waals surface area contributed by atoms with Crippen molar-refractivity contribution >= 4 is 17.6 Å². The number of ether oxygens (including phenoxy) is 2. The Morgan fingerprint density at radius 2 is 2.47 bits per heavy atom. The van der Waals surface area contributed by atoms with Gasteiger partial charge in [-0.25, -0.2) is 9.78 Å². The second-order valence-corrected chi connectivity index (χ2v) is 3.53. The normalized spacial score (nSPS) is 13.7. The van der Waals surface area contributed by atoms with Gasteiger partial charge >= 0.3 is 5.97 Å². The molecule has 1 aliphatic rings. The number of carbonyl (C=O) groups is 1. The fourth-order valence-corrected chi connectivity index (χ4v) is 1.73. The molecule has 0 N–H and O–H groups in total. The minimum absolute atomic E-state index is 0.275. The Morgan fingerprint density at radius 3 is 3.20 bits per heavy atom. The zero-order valence-electron chi connectivity index (χ0n) is 8.25. The van der Waals surface area contributed by atoms with Gasteiger partial charge in [-0.3, -0.25) is 0 Å². The van der Waals surface area contributed by atoms with Crippen molar-refractivity contribution in [2.24, 2.45) is 0 Å². The Hall–Kier alpha value is -1.13. The van der Waals surface area contributed by atoms with Crippen LogP contribution in [0.25, 0.3) is 0 Å². The van der Waals surface area contributed by atoms with E-state index in [1.807, 2.05) is 0 Å². The Kier molecular flexibility index (Phi) is 2.88. The first kappa shape index (κ1) is 10.4. The highest BCUT2D eigenvalue weighted by molar-refractivity contribution is 6.29. The van der Waals surface area contributed by atoms with Crippen LogP contribution in [0.4, 0.5) is 0 Å². The molecule has 1 aromatic heterocycles. The lowest BCUT2D eigenvalue weighted by Gasteiger charge is -2.05. The summed E-state index contributed by atoms with van der Waals surface area (Å²) in [7, 11) is 0. The number of esters is 1. The van der Waals surface area contributed by atoms with E-state index in [0.29, 0.717) is 25.0 Å². The van der Waals surface area contributed by atoms with E-state index >= 15 is 0 Å². The molecule has 0 spiro atoms. The SMILES string of the molecule is CCOC(=O)c1nc(Cl)cc2c1COC2. The number of halogens is 1. The lowest BCUT2D eigenvalue weighted by atomic mass is 10.1. The molecule has 2 rings (SSSR count). The first-order chi connectivity index (χ1) is 7.22. The standard InChI is InChI=1S/C10H10ClNO3/c1-2-15-10(13)9-7-5-14-4-6(7)3-8(11)12-9/h3H,2,4-5H2,1H3. The zero-order valence-corrected chi connectivity index (χ0v) is 9.00. The lowest BCUT2D eigenvalue weighted by Crippen LogP contribution is -2.11. The maximum absolute atomic E-state index is 11.6. The number of hydrogen-bond acceptors (Lipinski definition) is 4. The van der Waals surface area contributed by atoms with Crippen LogP contribution in [0.2, 0.25) is 5.15 Å². The maximum Gasteiger partial charge on any atom is 0.357 e. The number of carbonyl (C=O) groups excluding carboxylic acids is 1. The molecule has 0 fully saturated rings. The third-order valence-corrected chi connectivity index (χ3v) is 2.35. The van der Waals surface area contributed by atoms with Gasteiger partial charge in [0.05, 0.1) is 19.8 Å². The highest BCUT2D eigenvalue weighted by Crippen LogP contribution is 2.25. The summed E-state index contributed by atoms with van der Waals surface area (Å²) in [4.78, 5) is 15.5. The molecule has 0 atom stereocenters. The molecular formula is C10H10ClNO3. The molecule has 5 heteroatoms. The molecule has 4 nitrogen and oxygen atoms in total. The molecule has 0 amide bonds. The molecule has 0 bridgehead atoms. The van der Waals surface area contributed by atoms with Gasteiger partial charge in [-0.1, -0.05) is 11.6 Å². The minimum atomic E-state index is -0.443. The fraction of sp³-hybridized carbons (Fsp3) is 0.400. The molecule has 2 heterocycles. The van der Waals surface area contributed by atoms with E-state index in [-0.39, 0.29) is 5.69 Å². The number of pyridine rings is 1. The van der Waals surface area contributed by atoms with Crippen molar-refractivity contribution in [2.45, 2.75) is 20.1 Å². The van der Waals surface area contributed by atoms with E-state index in [4.69, 9.17) is 21.1 Å². The smallest absolute Gasteiger partial charge is 0.357 e. The van der Waals surface area contributed by atoms with Crippen molar-refractivity contribution in [1.82, 2.24) is 4.98 Å². The number of fused-ring (bicyclic) bond motifs is 1. The van der Waals surface area contributed by atoms with E-state index in [2.05, 4.69) is 4.98 Å². The summed E-state index contributed by atoms with van der Waals surface area (Å²) < 4.78 is 10.1. The van der Waals surface area contributed by atoms with Gasteiger partial charge in [-0.2, -0.15) is 0 Å². The lowest BCUT2D eigenvalue weighted by molar-refractivity contribution is 0.0515. The summed E-state index contributed by atoms with van der Waals surface area (Å²) in [6.07, 6.45) is 0. The van der Waals surface area contributed by atoms with Gasteiger partial charge in [0, 0.05) is 5.56 Å². The number of nitrogens with zero attached hydrogens (tertiary/aromatic N) is 1. The molecule has 15 heavy (non-hydrogen) atoms. The molecule has 0 radical (unpaired) electrons. The molecule has 1 aromatic rings. The predicted octanol–water partition coefficient (Wildman–Crippen LogP) is 1.94. The Balaban J connectivity index is 2.42.